The van der Waals surface area contributed by atoms with Crippen LogP contribution in [0.3, 0.4) is 0 Å². The number of rotatable bonds is 3. The highest BCUT2D eigenvalue weighted by atomic mass is 19.4. The molecule has 118 valence electrons. The smallest absolute Gasteiger partial charge is 0.368 e. The van der Waals surface area contributed by atoms with Gasteiger partial charge in [0.05, 0.1) is 5.56 Å². The van der Waals surface area contributed by atoms with Gasteiger partial charge >= 0.3 is 6.18 Å². The molecule has 0 aromatic heterocycles. The van der Waals surface area contributed by atoms with Gasteiger partial charge in [0.2, 0.25) is 0 Å². The molecule has 1 aromatic carbocycles. The quantitative estimate of drug-likeness (QED) is 0.919. The number of hydrogen-bond acceptors (Lipinski definition) is 2. The Morgan fingerprint density at radius 2 is 2.00 bits per heavy atom. The standard InChI is InChI=1S/C16H23F3N2/c1-11-6-8-21(12(2)9-11)15-4-3-13(5-7-20)10-14(15)16(17,18)19/h3-4,10-12H,5-9,20H2,1-2H3. The van der Waals surface area contributed by atoms with Crippen LogP contribution in [-0.4, -0.2) is 19.1 Å². The molecule has 2 rings (SSSR count). The molecule has 1 saturated heterocycles. The molecule has 1 aliphatic heterocycles. The molecule has 21 heavy (non-hydrogen) atoms. The van der Waals surface area contributed by atoms with E-state index in [-0.39, 0.29) is 6.04 Å². The molecule has 1 heterocycles. The second-order valence-electron chi connectivity index (χ2n) is 6.06. The van der Waals surface area contributed by atoms with Crippen molar-refractivity contribution in [2.45, 2.75) is 45.3 Å². The third kappa shape index (κ3) is 3.70. The van der Waals surface area contributed by atoms with Crippen molar-refractivity contribution in [1.29, 1.82) is 0 Å². The molecule has 0 bridgehead atoms. The summed E-state index contributed by atoms with van der Waals surface area (Å²) in [5.41, 5.74) is 5.87. The lowest BCUT2D eigenvalue weighted by Gasteiger charge is -2.39. The maximum Gasteiger partial charge on any atom is 0.418 e. The molecule has 2 atom stereocenters. The van der Waals surface area contributed by atoms with Crippen molar-refractivity contribution >= 4 is 5.69 Å². The summed E-state index contributed by atoms with van der Waals surface area (Å²) in [5, 5.41) is 0. The van der Waals surface area contributed by atoms with Gasteiger partial charge in [-0.2, -0.15) is 13.2 Å². The highest BCUT2D eigenvalue weighted by Gasteiger charge is 2.36. The van der Waals surface area contributed by atoms with Crippen molar-refractivity contribution in [2.75, 3.05) is 18.0 Å². The lowest BCUT2D eigenvalue weighted by Crippen LogP contribution is -2.41. The Morgan fingerprint density at radius 3 is 2.57 bits per heavy atom. The Hall–Kier alpha value is -1.23. The molecule has 1 aromatic rings. The van der Waals surface area contributed by atoms with E-state index in [1.54, 1.807) is 12.1 Å². The van der Waals surface area contributed by atoms with Crippen LogP contribution in [0.25, 0.3) is 0 Å². The Bertz CT molecular complexity index is 485. The molecule has 2 nitrogen and oxygen atoms in total. The number of anilines is 1. The average Bonchev–Trinajstić information content (AvgIpc) is 2.38. The maximum atomic E-state index is 13.4. The summed E-state index contributed by atoms with van der Waals surface area (Å²) in [6.45, 7) is 5.20. The van der Waals surface area contributed by atoms with Crippen LogP contribution < -0.4 is 10.6 Å². The van der Waals surface area contributed by atoms with Crippen LogP contribution in [0.1, 0.15) is 37.8 Å². The Labute approximate surface area is 124 Å². The Balaban J connectivity index is 2.38. The zero-order valence-electron chi connectivity index (χ0n) is 12.6. The Kier molecular flexibility index (Phi) is 4.81. The lowest BCUT2D eigenvalue weighted by atomic mass is 9.92. The summed E-state index contributed by atoms with van der Waals surface area (Å²) in [6.07, 6.45) is -1.99. The molecule has 5 heteroatoms. The second-order valence-corrected chi connectivity index (χ2v) is 6.06. The normalized spacial score (nSPS) is 23.4. The van der Waals surface area contributed by atoms with E-state index in [0.717, 1.165) is 12.8 Å². The van der Waals surface area contributed by atoms with Gasteiger partial charge in [-0.1, -0.05) is 13.0 Å². The third-order valence-electron chi connectivity index (χ3n) is 4.25. The largest absolute Gasteiger partial charge is 0.418 e. The SMILES string of the molecule is CC1CCN(c2ccc(CCN)cc2C(F)(F)F)C(C)C1. The van der Waals surface area contributed by atoms with Gasteiger partial charge in [-0.05, 0) is 56.3 Å². The minimum atomic E-state index is -4.33. The third-order valence-corrected chi connectivity index (χ3v) is 4.25. The predicted molar refractivity (Wildman–Crippen MR) is 79.4 cm³/mol. The number of nitrogens with zero attached hydrogens (tertiary/aromatic N) is 1. The number of piperidine rings is 1. The zero-order valence-corrected chi connectivity index (χ0v) is 12.6. The van der Waals surface area contributed by atoms with Crippen molar-refractivity contribution in [2.24, 2.45) is 11.7 Å². The number of halogens is 3. The van der Waals surface area contributed by atoms with Crippen LogP contribution in [-0.2, 0) is 12.6 Å². The monoisotopic (exact) mass is 300 g/mol. The van der Waals surface area contributed by atoms with Crippen molar-refractivity contribution in [3.8, 4) is 0 Å². The Morgan fingerprint density at radius 1 is 1.29 bits per heavy atom. The van der Waals surface area contributed by atoms with Crippen LogP contribution in [0.5, 0.6) is 0 Å². The van der Waals surface area contributed by atoms with E-state index < -0.39 is 11.7 Å². The van der Waals surface area contributed by atoms with Gasteiger partial charge in [0.1, 0.15) is 0 Å². The first-order valence-electron chi connectivity index (χ1n) is 7.49. The molecule has 0 spiro atoms. The van der Waals surface area contributed by atoms with Crippen LogP contribution in [0.2, 0.25) is 0 Å². The van der Waals surface area contributed by atoms with Gasteiger partial charge in [0.25, 0.3) is 0 Å². The number of nitrogens with two attached hydrogens (primary N) is 1. The van der Waals surface area contributed by atoms with Gasteiger partial charge in [-0.3, -0.25) is 0 Å². The molecule has 0 radical (unpaired) electrons. The van der Waals surface area contributed by atoms with Gasteiger partial charge in [-0.25, -0.2) is 0 Å². The van der Waals surface area contributed by atoms with Crippen LogP contribution in [0.15, 0.2) is 18.2 Å². The van der Waals surface area contributed by atoms with E-state index >= 15 is 0 Å². The topological polar surface area (TPSA) is 29.3 Å². The molecular weight excluding hydrogens is 277 g/mol. The first-order valence-corrected chi connectivity index (χ1v) is 7.49. The first-order chi connectivity index (χ1) is 9.82. The summed E-state index contributed by atoms with van der Waals surface area (Å²) in [6, 6.07) is 4.77. The predicted octanol–water partition coefficient (Wildman–Crippen LogP) is 3.83. The fourth-order valence-corrected chi connectivity index (χ4v) is 3.15. The number of hydrogen-bond donors (Lipinski definition) is 1. The minimum Gasteiger partial charge on any atom is -0.368 e. The lowest BCUT2D eigenvalue weighted by molar-refractivity contribution is -0.137. The highest BCUT2D eigenvalue weighted by Crippen LogP contribution is 2.39. The number of benzene rings is 1. The maximum absolute atomic E-state index is 13.4. The highest BCUT2D eigenvalue weighted by molar-refractivity contribution is 5.57. The molecule has 0 amide bonds. The molecule has 0 aliphatic carbocycles. The number of alkyl halides is 3. The summed E-state index contributed by atoms with van der Waals surface area (Å²) >= 11 is 0. The average molecular weight is 300 g/mol. The first kappa shape index (κ1) is 16.1. The van der Waals surface area contributed by atoms with Crippen LogP contribution in [0.4, 0.5) is 18.9 Å². The summed E-state index contributed by atoms with van der Waals surface area (Å²) in [5.74, 6) is 0.571. The van der Waals surface area contributed by atoms with E-state index in [4.69, 9.17) is 5.73 Å². The van der Waals surface area contributed by atoms with E-state index in [1.807, 2.05) is 11.8 Å². The summed E-state index contributed by atoms with van der Waals surface area (Å²) in [4.78, 5) is 1.90. The van der Waals surface area contributed by atoms with Gasteiger partial charge in [0, 0.05) is 18.3 Å². The van der Waals surface area contributed by atoms with Crippen molar-refractivity contribution < 1.29 is 13.2 Å². The van der Waals surface area contributed by atoms with Gasteiger partial charge in [0.15, 0.2) is 0 Å². The van der Waals surface area contributed by atoms with Gasteiger partial charge < -0.3 is 10.6 Å². The second kappa shape index (κ2) is 6.26. The fraction of sp³-hybridized carbons (Fsp3) is 0.625. The molecule has 0 saturated carbocycles. The fourth-order valence-electron chi connectivity index (χ4n) is 3.15. The minimum absolute atomic E-state index is 0.134. The van der Waals surface area contributed by atoms with Gasteiger partial charge in [-0.15, -0.1) is 0 Å². The summed E-state index contributed by atoms with van der Waals surface area (Å²) < 4.78 is 40.1. The van der Waals surface area contributed by atoms with E-state index in [0.29, 0.717) is 36.7 Å². The van der Waals surface area contributed by atoms with Crippen LogP contribution in [0, 0.1) is 5.92 Å². The van der Waals surface area contributed by atoms with Crippen LogP contribution >= 0.6 is 0 Å². The van der Waals surface area contributed by atoms with E-state index in [2.05, 4.69) is 6.92 Å². The molecule has 1 fully saturated rings. The van der Waals surface area contributed by atoms with Crippen molar-refractivity contribution in [3.63, 3.8) is 0 Å². The molecule has 1 aliphatic rings. The molecule has 2 unspecified atom stereocenters. The summed E-state index contributed by atoms with van der Waals surface area (Å²) in [7, 11) is 0. The van der Waals surface area contributed by atoms with Crippen molar-refractivity contribution in [3.05, 3.63) is 29.3 Å². The van der Waals surface area contributed by atoms with E-state index in [9.17, 15) is 13.2 Å². The van der Waals surface area contributed by atoms with E-state index in [1.165, 1.54) is 6.07 Å². The zero-order chi connectivity index (χ0) is 15.6. The molecule has 2 N–H and O–H groups in total. The molecular formula is C16H23F3N2. The van der Waals surface area contributed by atoms with Crippen molar-refractivity contribution in [1.82, 2.24) is 0 Å².